The van der Waals surface area contributed by atoms with Gasteiger partial charge in [0.15, 0.2) is 0 Å². The molecule has 0 saturated heterocycles. The summed E-state index contributed by atoms with van der Waals surface area (Å²) in [7, 11) is 0. The summed E-state index contributed by atoms with van der Waals surface area (Å²) in [5, 5.41) is 24.0. The van der Waals surface area contributed by atoms with Crippen LogP contribution in [0.3, 0.4) is 0 Å². The van der Waals surface area contributed by atoms with E-state index < -0.39 is 10.8 Å². The lowest BCUT2D eigenvalue weighted by atomic mass is 10.2. The minimum atomic E-state index is -0.539. The van der Waals surface area contributed by atoms with Crippen LogP contribution >= 0.6 is 0 Å². The quantitative estimate of drug-likeness (QED) is 0.206. The van der Waals surface area contributed by atoms with E-state index in [0.717, 1.165) is 6.34 Å². The highest BCUT2D eigenvalue weighted by Crippen LogP contribution is 2.39. The largest absolute Gasteiger partial charge is 0.508 e. The van der Waals surface area contributed by atoms with Crippen molar-refractivity contribution in [3.05, 3.63) is 101 Å². The Bertz CT molecular complexity index is 1280. The lowest BCUT2D eigenvalue weighted by Gasteiger charge is -2.11. The maximum Gasteiger partial charge on any atom is 0.314 e. The van der Waals surface area contributed by atoms with Crippen molar-refractivity contribution in [2.24, 2.45) is 4.99 Å². The number of aromatic nitrogens is 2. The summed E-state index contributed by atoms with van der Waals surface area (Å²) in [6.07, 6.45) is 4.31. The molecule has 0 unspecified atom stereocenters. The van der Waals surface area contributed by atoms with Gasteiger partial charge in [0.1, 0.15) is 5.75 Å². The molecule has 2 aromatic carbocycles. The molecule has 0 fully saturated rings. The van der Waals surface area contributed by atoms with Crippen LogP contribution < -0.4 is 5.32 Å². The molecule has 2 aromatic heterocycles. The average Bonchev–Trinajstić information content (AvgIpc) is 3.20. The van der Waals surface area contributed by atoms with Crippen molar-refractivity contribution >= 4 is 23.8 Å². The lowest BCUT2D eigenvalue weighted by Crippen LogP contribution is -2.21. The molecule has 0 aliphatic rings. The average molecular weight is 427 g/mol. The summed E-state index contributed by atoms with van der Waals surface area (Å²) >= 11 is 0. The molecule has 2 N–H and O–H groups in total. The highest BCUT2D eigenvalue weighted by Gasteiger charge is 2.25. The molecule has 0 atom stereocenters. The number of benzene rings is 2. The number of nitrogens with zero attached hydrogens (tertiary/aromatic N) is 4. The second-order valence-electron chi connectivity index (χ2n) is 6.69. The highest BCUT2D eigenvalue weighted by atomic mass is 16.6. The number of rotatable bonds is 6. The normalized spacial score (nSPS) is 10.9. The molecule has 4 aromatic rings. The first-order chi connectivity index (χ1) is 15.5. The van der Waals surface area contributed by atoms with Gasteiger partial charge in [0.2, 0.25) is 5.82 Å². The van der Waals surface area contributed by atoms with Crippen molar-refractivity contribution in [1.29, 1.82) is 0 Å². The summed E-state index contributed by atoms with van der Waals surface area (Å²) in [6, 6.07) is 19.6. The Balaban J connectivity index is 1.81. The van der Waals surface area contributed by atoms with Crippen LogP contribution in [-0.4, -0.2) is 31.8 Å². The standard InChI is InChI=1S/C23H17N5O4/c29-19-10-8-18(9-11-19)27-20(17-7-4-12-24-14-17)13-21(28(31)32)22(27)25-15-26-23(30)16-5-2-1-3-6-16/h1-15,29H,(H,25,26,30). The second kappa shape index (κ2) is 8.92. The molecule has 2 heterocycles. The molecule has 0 aliphatic carbocycles. The molecular formula is C23H17N5O4. The van der Waals surface area contributed by atoms with Gasteiger partial charge >= 0.3 is 5.69 Å². The number of phenols is 1. The van der Waals surface area contributed by atoms with Crippen LogP contribution in [0.1, 0.15) is 10.4 Å². The highest BCUT2D eigenvalue weighted by molar-refractivity contribution is 6.01. The third-order valence-electron chi connectivity index (χ3n) is 4.64. The monoisotopic (exact) mass is 427 g/mol. The first kappa shape index (κ1) is 20.5. The van der Waals surface area contributed by atoms with Crippen molar-refractivity contribution in [2.45, 2.75) is 0 Å². The number of carbonyl (C=O) groups is 1. The molecule has 9 heteroatoms. The molecule has 32 heavy (non-hydrogen) atoms. The maximum atomic E-state index is 12.3. The Labute approximate surface area is 182 Å². The van der Waals surface area contributed by atoms with E-state index in [0.29, 0.717) is 22.5 Å². The fraction of sp³-hybridized carbons (Fsp3) is 0. The molecule has 158 valence electrons. The molecule has 0 aliphatic heterocycles. The Morgan fingerprint density at radius 2 is 1.84 bits per heavy atom. The zero-order valence-corrected chi connectivity index (χ0v) is 16.6. The number of pyridine rings is 1. The number of carbonyl (C=O) groups excluding carboxylic acids is 1. The van der Waals surface area contributed by atoms with Gasteiger partial charge in [-0.1, -0.05) is 18.2 Å². The Morgan fingerprint density at radius 3 is 2.50 bits per heavy atom. The van der Waals surface area contributed by atoms with Crippen molar-refractivity contribution in [1.82, 2.24) is 14.9 Å². The van der Waals surface area contributed by atoms with Crippen LogP contribution in [-0.2, 0) is 0 Å². The van der Waals surface area contributed by atoms with E-state index in [1.54, 1.807) is 71.6 Å². The topological polar surface area (TPSA) is 123 Å². The van der Waals surface area contributed by atoms with Crippen LogP contribution in [0, 0.1) is 10.1 Å². The third kappa shape index (κ3) is 4.21. The van der Waals surface area contributed by atoms with Crippen molar-refractivity contribution < 1.29 is 14.8 Å². The van der Waals surface area contributed by atoms with E-state index in [1.165, 1.54) is 18.2 Å². The number of nitrogens with one attached hydrogen (secondary N) is 1. The number of hydrogen-bond donors (Lipinski definition) is 2. The number of aromatic hydroxyl groups is 1. The van der Waals surface area contributed by atoms with Gasteiger partial charge in [-0.05, 0) is 48.5 Å². The fourth-order valence-electron chi connectivity index (χ4n) is 3.16. The summed E-state index contributed by atoms with van der Waals surface area (Å²) in [5.74, 6) is -0.335. The van der Waals surface area contributed by atoms with E-state index in [-0.39, 0.29) is 17.3 Å². The summed E-state index contributed by atoms with van der Waals surface area (Å²) in [4.78, 5) is 31.9. The Kier molecular flexibility index (Phi) is 5.71. The Morgan fingerprint density at radius 1 is 1.09 bits per heavy atom. The van der Waals surface area contributed by atoms with Crippen LogP contribution in [0.5, 0.6) is 5.75 Å². The van der Waals surface area contributed by atoms with Gasteiger partial charge in [-0.15, -0.1) is 0 Å². The van der Waals surface area contributed by atoms with Crippen molar-refractivity contribution in [3.8, 4) is 22.7 Å². The van der Waals surface area contributed by atoms with Gasteiger partial charge in [0, 0.05) is 35.3 Å². The first-order valence-corrected chi connectivity index (χ1v) is 9.53. The molecule has 0 spiro atoms. The summed E-state index contributed by atoms with van der Waals surface area (Å²) in [6.45, 7) is 0. The molecule has 0 radical (unpaired) electrons. The van der Waals surface area contributed by atoms with Gasteiger partial charge in [0.25, 0.3) is 5.91 Å². The number of phenolic OH excluding ortho intramolecular Hbond substituents is 1. The molecule has 9 nitrogen and oxygen atoms in total. The van der Waals surface area contributed by atoms with Crippen LogP contribution in [0.25, 0.3) is 16.9 Å². The van der Waals surface area contributed by atoms with Crippen LogP contribution in [0.2, 0.25) is 0 Å². The predicted octanol–water partition coefficient (Wildman–Crippen LogP) is 4.24. The SMILES string of the molecule is O=C(NC=Nc1c([N+](=O)[O-])cc(-c2cccnc2)n1-c1ccc(O)cc1)c1ccccc1. The van der Waals surface area contributed by atoms with E-state index >= 15 is 0 Å². The number of amides is 1. The van der Waals surface area contributed by atoms with Gasteiger partial charge in [-0.2, -0.15) is 0 Å². The molecule has 0 saturated carbocycles. The van der Waals surface area contributed by atoms with E-state index in [2.05, 4.69) is 15.3 Å². The van der Waals surface area contributed by atoms with E-state index in [9.17, 15) is 20.0 Å². The summed E-state index contributed by atoms with van der Waals surface area (Å²) in [5.41, 5.74) is 1.84. The second-order valence-corrected chi connectivity index (χ2v) is 6.69. The van der Waals surface area contributed by atoms with Gasteiger partial charge in [-0.25, -0.2) is 4.99 Å². The number of aliphatic imine (C=N–C) groups is 1. The fourth-order valence-corrected chi connectivity index (χ4v) is 3.16. The van der Waals surface area contributed by atoms with Crippen molar-refractivity contribution in [2.75, 3.05) is 0 Å². The molecule has 4 rings (SSSR count). The minimum absolute atomic E-state index is 0.00732. The van der Waals surface area contributed by atoms with E-state index in [1.807, 2.05) is 0 Å². The molecular weight excluding hydrogens is 410 g/mol. The lowest BCUT2D eigenvalue weighted by molar-refractivity contribution is -0.383. The van der Waals surface area contributed by atoms with Crippen molar-refractivity contribution in [3.63, 3.8) is 0 Å². The predicted molar refractivity (Wildman–Crippen MR) is 119 cm³/mol. The van der Waals surface area contributed by atoms with Gasteiger partial charge < -0.3 is 10.4 Å². The first-order valence-electron chi connectivity index (χ1n) is 9.53. The molecule has 0 bridgehead atoms. The van der Waals surface area contributed by atoms with Gasteiger partial charge in [0.05, 0.1) is 17.0 Å². The zero-order valence-electron chi connectivity index (χ0n) is 16.6. The van der Waals surface area contributed by atoms with E-state index in [4.69, 9.17) is 0 Å². The van der Waals surface area contributed by atoms with Crippen LogP contribution in [0.4, 0.5) is 11.5 Å². The van der Waals surface area contributed by atoms with Crippen LogP contribution in [0.15, 0.2) is 90.2 Å². The third-order valence-corrected chi connectivity index (χ3v) is 4.64. The zero-order chi connectivity index (χ0) is 22.5. The number of hydrogen-bond acceptors (Lipinski definition) is 6. The maximum absolute atomic E-state index is 12.3. The summed E-state index contributed by atoms with van der Waals surface area (Å²) < 4.78 is 1.57. The minimum Gasteiger partial charge on any atom is -0.508 e. The number of nitro groups is 1. The molecule has 1 amide bonds. The Hall–Kier alpha value is -4.79. The van der Waals surface area contributed by atoms with Gasteiger partial charge in [-0.3, -0.25) is 24.5 Å². The smallest absolute Gasteiger partial charge is 0.314 e.